The van der Waals surface area contributed by atoms with E-state index in [1.807, 2.05) is 34.9 Å². The number of pyridine rings is 1. The number of hydrogen-bond acceptors (Lipinski definition) is 4. The smallest absolute Gasteiger partial charge is 0.152 e. The number of benzene rings is 2. The van der Waals surface area contributed by atoms with Gasteiger partial charge in [-0.15, -0.1) is 0 Å². The van der Waals surface area contributed by atoms with E-state index < -0.39 is 5.60 Å². The summed E-state index contributed by atoms with van der Waals surface area (Å²) in [4.78, 5) is 9.02. The van der Waals surface area contributed by atoms with E-state index in [0.29, 0.717) is 17.9 Å². The number of nitrogens with two attached hydrogens (primary N) is 1. The van der Waals surface area contributed by atoms with Crippen LogP contribution in [0.5, 0.6) is 0 Å². The van der Waals surface area contributed by atoms with Crippen LogP contribution in [0, 0.1) is 0 Å². The summed E-state index contributed by atoms with van der Waals surface area (Å²) < 4.78 is 1.98. The molecule has 0 aliphatic heterocycles. The molecule has 2 heterocycles. The van der Waals surface area contributed by atoms with Crippen LogP contribution in [0.3, 0.4) is 0 Å². The number of nitrogen functional groups attached to an aromatic ring is 1. The maximum Gasteiger partial charge on any atom is 0.152 e. The molecule has 0 fully saturated rings. The number of aliphatic hydroxyl groups is 1. The van der Waals surface area contributed by atoms with Crippen molar-refractivity contribution in [3.8, 4) is 0 Å². The maximum absolute atomic E-state index is 10.3. The number of rotatable bonds is 4. The van der Waals surface area contributed by atoms with Crippen molar-refractivity contribution in [2.24, 2.45) is 0 Å². The molecule has 26 heavy (non-hydrogen) atoms. The average Bonchev–Trinajstić information content (AvgIpc) is 2.98. The molecule has 0 aliphatic carbocycles. The van der Waals surface area contributed by atoms with Gasteiger partial charge in [-0.05, 0) is 37.5 Å². The molecule has 2 aromatic heterocycles. The number of nitrogens with zero attached hydrogens (tertiary/aromatic N) is 3. The molecule has 4 aromatic rings. The van der Waals surface area contributed by atoms with Crippen LogP contribution in [0.4, 0.5) is 5.82 Å². The second kappa shape index (κ2) is 6.11. The van der Waals surface area contributed by atoms with Gasteiger partial charge in [0.15, 0.2) is 5.82 Å². The zero-order valence-corrected chi connectivity index (χ0v) is 15.0. The van der Waals surface area contributed by atoms with Gasteiger partial charge in [0, 0.05) is 5.39 Å². The van der Waals surface area contributed by atoms with E-state index in [9.17, 15) is 5.11 Å². The lowest BCUT2D eigenvalue weighted by Gasteiger charge is -2.19. The Morgan fingerprint density at radius 1 is 1.08 bits per heavy atom. The van der Waals surface area contributed by atoms with Crippen LogP contribution in [-0.4, -0.2) is 25.2 Å². The highest BCUT2D eigenvalue weighted by atomic mass is 16.3. The molecule has 0 spiro atoms. The van der Waals surface area contributed by atoms with E-state index in [1.165, 1.54) is 11.1 Å². The van der Waals surface area contributed by atoms with Gasteiger partial charge in [-0.1, -0.05) is 42.5 Å². The summed E-state index contributed by atoms with van der Waals surface area (Å²) in [6.45, 7) is 4.01. The minimum Gasteiger partial charge on any atom is -0.389 e. The van der Waals surface area contributed by atoms with Crippen LogP contribution < -0.4 is 5.73 Å². The van der Waals surface area contributed by atoms with Crippen molar-refractivity contribution >= 4 is 27.8 Å². The highest BCUT2D eigenvalue weighted by molar-refractivity contribution is 6.08. The number of imidazole rings is 1. The molecule has 5 heteroatoms. The first-order chi connectivity index (χ1) is 12.4. The second-order valence-electron chi connectivity index (χ2n) is 7.35. The number of hydrogen-bond donors (Lipinski definition) is 2. The summed E-state index contributed by atoms with van der Waals surface area (Å²) in [5.41, 5.74) is 10.2. The highest BCUT2D eigenvalue weighted by Gasteiger charge is 2.19. The first-order valence-corrected chi connectivity index (χ1v) is 8.70. The number of aromatic nitrogens is 3. The number of fused-ring (bicyclic) bond motifs is 3. The molecule has 0 atom stereocenters. The van der Waals surface area contributed by atoms with E-state index >= 15 is 0 Å². The van der Waals surface area contributed by atoms with Gasteiger partial charge in [0.1, 0.15) is 5.52 Å². The van der Waals surface area contributed by atoms with Gasteiger partial charge in [0.25, 0.3) is 0 Å². The lowest BCUT2D eigenvalue weighted by atomic mass is 9.99. The van der Waals surface area contributed by atoms with Gasteiger partial charge in [0.2, 0.25) is 0 Å². The molecule has 0 radical (unpaired) electrons. The predicted octanol–water partition coefficient (Wildman–Crippen LogP) is 3.53. The molecule has 0 saturated carbocycles. The fourth-order valence-electron chi connectivity index (χ4n) is 3.47. The second-order valence-corrected chi connectivity index (χ2v) is 7.35. The summed E-state index contributed by atoms with van der Waals surface area (Å²) in [5, 5.41) is 11.3. The third-order valence-corrected chi connectivity index (χ3v) is 4.48. The van der Waals surface area contributed by atoms with Crippen LogP contribution >= 0.6 is 0 Å². The molecule has 132 valence electrons. The summed E-state index contributed by atoms with van der Waals surface area (Å²) in [6, 6.07) is 16.5. The van der Waals surface area contributed by atoms with Gasteiger partial charge in [-0.25, -0.2) is 9.97 Å². The van der Waals surface area contributed by atoms with Gasteiger partial charge < -0.3 is 15.4 Å². The van der Waals surface area contributed by atoms with E-state index in [4.69, 9.17) is 5.73 Å². The minimum atomic E-state index is -0.855. The molecule has 5 nitrogen and oxygen atoms in total. The zero-order chi connectivity index (χ0) is 18.3. The van der Waals surface area contributed by atoms with Crippen molar-refractivity contribution in [3.05, 3.63) is 66.0 Å². The largest absolute Gasteiger partial charge is 0.389 e. The fraction of sp³-hybridized carbons (Fsp3) is 0.238. The van der Waals surface area contributed by atoms with Gasteiger partial charge in [0.05, 0.1) is 29.5 Å². The van der Waals surface area contributed by atoms with Crippen LogP contribution in [0.2, 0.25) is 0 Å². The van der Waals surface area contributed by atoms with Crippen LogP contribution in [0.1, 0.15) is 25.0 Å². The Balaban J connectivity index is 1.98. The number of anilines is 1. The molecule has 0 unspecified atom stereocenters. The summed E-state index contributed by atoms with van der Waals surface area (Å²) in [7, 11) is 0. The standard InChI is InChI=1S/C21H22N4O/c1-21(2,26)12-25-13-23-18-19(25)17-15(11-14-7-4-3-5-8-14)9-6-10-16(17)24-20(18)22/h3-10,13,26H,11-12H2,1-2H3,(H2,22,24). The van der Waals surface area contributed by atoms with Crippen molar-refractivity contribution in [2.75, 3.05) is 5.73 Å². The molecule has 0 saturated heterocycles. The van der Waals surface area contributed by atoms with Gasteiger partial charge in [-0.3, -0.25) is 0 Å². The quantitative estimate of drug-likeness (QED) is 0.593. The Morgan fingerprint density at radius 3 is 2.58 bits per heavy atom. The average molecular weight is 346 g/mol. The van der Waals surface area contributed by atoms with Crippen molar-refractivity contribution in [3.63, 3.8) is 0 Å². The first kappa shape index (κ1) is 16.5. The summed E-state index contributed by atoms with van der Waals surface area (Å²) in [5.74, 6) is 0.416. The molecule has 0 amide bonds. The molecular weight excluding hydrogens is 324 g/mol. The fourth-order valence-corrected chi connectivity index (χ4v) is 3.47. The molecule has 0 bridgehead atoms. The lowest BCUT2D eigenvalue weighted by molar-refractivity contribution is 0.0627. The Labute approximate surface area is 152 Å². The van der Waals surface area contributed by atoms with E-state index in [0.717, 1.165) is 22.8 Å². The summed E-state index contributed by atoms with van der Waals surface area (Å²) >= 11 is 0. The Morgan fingerprint density at radius 2 is 1.85 bits per heavy atom. The maximum atomic E-state index is 10.3. The first-order valence-electron chi connectivity index (χ1n) is 8.70. The topological polar surface area (TPSA) is 77.0 Å². The van der Waals surface area contributed by atoms with Crippen molar-refractivity contribution in [2.45, 2.75) is 32.4 Å². The predicted molar refractivity (Wildman–Crippen MR) is 105 cm³/mol. The molecule has 2 aromatic carbocycles. The normalized spacial score (nSPS) is 12.1. The van der Waals surface area contributed by atoms with E-state index in [1.54, 1.807) is 20.2 Å². The zero-order valence-electron chi connectivity index (χ0n) is 15.0. The van der Waals surface area contributed by atoms with Crippen molar-refractivity contribution < 1.29 is 5.11 Å². The molecular formula is C21H22N4O. The third kappa shape index (κ3) is 3.02. The highest BCUT2D eigenvalue weighted by Crippen LogP contribution is 2.31. The van der Waals surface area contributed by atoms with E-state index in [-0.39, 0.29) is 0 Å². The molecule has 4 rings (SSSR count). The minimum absolute atomic E-state index is 0.416. The van der Waals surface area contributed by atoms with Crippen LogP contribution in [0.15, 0.2) is 54.9 Å². The lowest BCUT2D eigenvalue weighted by Crippen LogP contribution is -2.25. The monoisotopic (exact) mass is 346 g/mol. The van der Waals surface area contributed by atoms with Gasteiger partial charge in [-0.2, -0.15) is 0 Å². The van der Waals surface area contributed by atoms with Crippen LogP contribution in [-0.2, 0) is 13.0 Å². The SMILES string of the molecule is CC(C)(O)Cn1cnc2c(N)nc3cccc(Cc4ccccc4)c3c21. The third-order valence-electron chi connectivity index (χ3n) is 4.48. The molecule has 0 aliphatic rings. The van der Waals surface area contributed by atoms with Gasteiger partial charge >= 0.3 is 0 Å². The van der Waals surface area contributed by atoms with E-state index in [2.05, 4.69) is 28.2 Å². The molecule has 3 N–H and O–H groups in total. The van der Waals surface area contributed by atoms with Crippen LogP contribution in [0.25, 0.3) is 21.9 Å². The Bertz CT molecular complexity index is 1080. The van der Waals surface area contributed by atoms with Crippen molar-refractivity contribution in [1.82, 2.24) is 14.5 Å². The summed E-state index contributed by atoms with van der Waals surface area (Å²) in [6.07, 6.45) is 2.53. The van der Waals surface area contributed by atoms with Crippen molar-refractivity contribution in [1.29, 1.82) is 0 Å². The Kier molecular flexibility index (Phi) is 3.89. The Hall–Kier alpha value is -2.92.